The van der Waals surface area contributed by atoms with E-state index < -0.39 is 0 Å². The summed E-state index contributed by atoms with van der Waals surface area (Å²) < 4.78 is 1.37. The van der Waals surface area contributed by atoms with E-state index in [0.717, 1.165) is 12.8 Å². The van der Waals surface area contributed by atoms with Crippen LogP contribution in [0.4, 0.5) is 5.69 Å². The molecule has 0 saturated heterocycles. The predicted molar refractivity (Wildman–Crippen MR) is 69.7 cm³/mol. The average Bonchev–Trinajstić information content (AvgIpc) is 2.72. The van der Waals surface area contributed by atoms with Gasteiger partial charge in [0, 0.05) is 12.1 Å². The summed E-state index contributed by atoms with van der Waals surface area (Å²) in [5.74, 6) is 0. The molecular formula is C12H18ClN3O. The first-order chi connectivity index (χ1) is 8.06. The van der Waals surface area contributed by atoms with Crippen molar-refractivity contribution in [3.05, 3.63) is 21.6 Å². The molecule has 1 aromatic heterocycles. The molecule has 4 nitrogen and oxygen atoms in total. The molecule has 1 aromatic rings. The summed E-state index contributed by atoms with van der Waals surface area (Å²) in [6.45, 7) is 4.58. The Kier molecular flexibility index (Phi) is 3.43. The van der Waals surface area contributed by atoms with Gasteiger partial charge in [-0.15, -0.1) is 0 Å². The van der Waals surface area contributed by atoms with Crippen LogP contribution in [-0.2, 0) is 6.54 Å². The lowest BCUT2D eigenvalue weighted by Gasteiger charge is -2.26. The summed E-state index contributed by atoms with van der Waals surface area (Å²) in [7, 11) is 0. The van der Waals surface area contributed by atoms with Crippen molar-refractivity contribution in [1.29, 1.82) is 0 Å². The Morgan fingerprint density at radius 2 is 2.18 bits per heavy atom. The summed E-state index contributed by atoms with van der Waals surface area (Å²) in [6.07, 6.45) is 6.32. The quantitative estimate of drug-likeness (QED) is 0.903. The fraction of sp³-hybridized carbons (Fsp3) is 0.667. The number of rotatable bonds is 3. The van der Waals surface area contributed by atoms with Gasteiger partial charge >= 0.3 is 0 Å². The second-order valence-electron chi connectivity index (χ2n) is 4.89. The Morgan fingerprint density at radius 1 is 1.53 bits per heavy atom. The molecule has 0 spiro atoms. The summed E-state index contributed by atoms with van der Waals surface area (Å²) in [5, 5.41) is 7.70. The van der Waals surface area contributed by atoms with Crippen molar-refractivity contribution < 1.29 is 0 Å². The molecule has 0 radical (unpaired) electrons. The smallest absolute Gasteiger partial charge is 0.287 e. The van der Waals surface area contributed by atoms with E-state index in [1.165, 1.54) is 17.5 Å². The van der Waals surface area contributed by atoms with Gasteiger partial charge in [-0.05, 0) is 26.7 Å². The van der Waals surface area contributed by atoms with E-state index in [1.54, 1.807) is 6.20 Å². The van der Waals surface area contributed by atoms with Crippen molar-refractivity contribution >= 4 is 17.3 Å². The Morgan fingerprint density at radius 3 is 2.76 bits per heavy atom. The first-order valence-corrected chi connectivity index (χ1v) is 6.47. The second kappa shape index (κ2) is 4.69. The molecular weight excluding hydrogens is 238 g/mol. The Bertz CT molecular complexity index is 463. The highest BCUT2D eigenvalue weighted by Gasteiger charge is 2.29. The van der Waals surface area contributed by atoms with Crippen LogP contribution in [0, 0.1) is 0 Å². The van der Waals surface area contributed by atoms with Crippen LogP contribution in [-0.4, -0.2) is 15.3 Å². The molecule has 0 amide bonds. The Labute approximate surface area is 106 Å². The third-order valence-corrected chi connectivity index (χ3v) is 3.79. The third-order valence-electron chi connectivity index (χ3n) is 3.43. The maximum Gasteiger partial charge on any atom is 0.287 e. The van der Waals surface area contributed by atoms with Crippen molar-refractivity contribution in [3.8, 4) is 0 Å². The zero-order valence-electron chi connectivity index (χ0n) is 10.3. The molecule has 0 atom stereocenters. The molecule has 1 saturated carbocycles. The number of nitrogens with one attached hydrogen (secondary N) is 1. The average molecular weight is 256 g/mol. The van der Waals surface area contributed by atoms with Gasteiger partial charge in [-0.25, -0.2) is 4.68 Å². The minimum atomic E-state index is -0.222. The van der Waals surface area contributed by atoms with Gasteiger partial charge in [0.25, 0.3) is 5.56 Å². The van der Waals surface area contributed by atoms with Gasteiger partial charge in [0.15, 0.2) is 0 Å². The molecule has 0 aliphatic heterocycles. The Hall–Kier alpha value is -1.03. The fourth-order valence-corrected chi connectivity index (χ4v) is 2.58. The lowest BCUT2D eigenvalue weighted by atomic mass is 10.0. The zero-order chi connectivity index (χ0) is 12.5. The van der Waals surface area contributed by atoms with Crippen LogP contribution in [0.25, 0.3) is 0 Å². The molecule has 0 aromatic carbocycles. The van der Waals surface area contributed by atoms with Crippen LogP contribution in [0.5, 0.6) is 0 Å². The van der Waals surface area contributed by atoms with E-state index in [-0.39, 0.29) is 16.1 Å². The van der Waals surface area contributed by atoms with E-state index >= 15 is 0 Å². The highest BCUT2D eigenvalue weighted by molar-refractivity contribution is 6.32. The van der Waals surface area contributed by atoms with Crippen molar-refractivity contribution in [2.24, 2.45) is 0 Å². The number of hydrogen-bond donors (Lipinski definition) is 1. The molecule has 2 rings (SSSR count). The molecule has 5 heteroatoms. The molecule has 1 aliphatic carbocycles. The van der Waals surface area contributed by atoms with Crippen molar-refractivity contribution in [2.75, 3.05) is 5.32 Å². The normalized spacial score (nSPS) is 18.3. The second-order valence-corrected chi connectivity index (χ2v) is 5.26. The number of aromatic nitrogens is 2. The summed E-state index contributed by atoms with van der Waals surface area (Å²) >= 11 is 6.08. The predicted octanol–water partition coefficient (Wildman–Crippen LogP) is 2.66. The topological polar surface area (TPSA) is 46.9 Å². The lowest BCUT2D eigenvalue weighted by Crippen LogP contribution is -2.33. The molecule has 94 valence electrons. The highest BCUT2D eigenvalue weighted by atomic mass is 35.5. The van der Waals surface area contributed by atoms with Gasteiger partial charge in [0.05, 0.1) is 11.9 Å². The SMILES string of the molecule is CCn1ncc(NC2(C)CCCC2)c(Cl)c1=O. The van der Waals surface area contributed by atoms with Crippen LogP contribution in [0.15, 0.2) is 11.0 Å². The van der Waals surface area contributed by atoms with Gasteiger partial charge in [-0.2, -0.15) is 5.10 Å². The zero-order valence-corrected chi connectivity index (χ0v) is 11.0. The third kappa shape index (κ3) is 2.46. The number of anilines is 1. The van der Waals surface area contributed by atoms with Crippen LogP contribution in [0.3, 0.4) is 0 Å². The van der Waals surface area contributed by atoms with Crippen molar-refractivity contribution in [1.82, 2.24) is 9.78 Å². The molecule has 0 unspecified atom stereocenters. The summed E-state index contributed by atoms with van der Waals surface area (Å²) in [6, 6.07) is 0. The van der Waals surface area contributed by atoms with E-state index in [1.807, 2.05) is 6.92 Å². The van der Waals surface area contributed by atoms with Crippen LogP contribution in [0.1, 0.15) is 39.5 Å². The summed E-state index contributed by atoms with van der Waals surface area (Å²) in [4.78, 5) is 11.8. The van der Waals surface area contributed by atoms with E-state index in [2.05, 4.69) is 17.3 Å². The standard InChI is InChI=1S/C12H18ClN3O/c1-3-16-11(17)10(13)9(8-14-16)15-12(2)6-4-5-7-12/h8,15H,3-7H2,1-2H3. The van der Waals surface area contributed by atoms with E-state index in [9.17, 15) is 4.79 Å². The van der Waals surface area contributed by atoms with Gasteiger partial charge in [0.2, 0.25) is 0 Å². The molecule has 1 fully saturated rings. The first-order valence-electron chi connectivity index (χ1n) is 6.09. The molecule has 0 bridgehead atoms. The molecule has 1 N–H and O–H groups in total. The lowest BCUT2D eigenvalue weighted by molar-refractivity contribution is 0.531. The number of aryl methyl sites for hydroxylation is 1. The van der Waals surface area contributed by atoms with Gasteiger partial charge in [0.1, 0.15) is 5.02 Å². The summed E-state index contributed by atoms with van der Waals surface area (Å²) in [5.41, 5.74) is 0.488. The minimum absolute atomic E-state index is 0.0517. The number of halogens is 1. The van der Waals surface area contributed by atoms with Crippen LogP contribution >= 0.6 is 11.6 Å². The maximum absolute atomic E-state index is 11.8. The van der Waals surface area contributed by atoms with Gasteiger partial charge < -0.3 is 5.32 Å². The molecule has 17 heavy (non-hydrogen) atoms. The van der Waals surface area contributed by atoms with Crippen LogP contribution in [0.2, 0.25) is 5.02 Å². The van der Waals surface area contributed by atoms with E-state index in [4.69, 9.17) is 11.6 Å². The highest BCUT2D eigenvalue weighted by Crippen LogP contribution is 2.33. The molecule has 1 aliphatic rings. The monoisotopic (exact) mass is 255 g/mol. The number of hydrogen-bond acceptors (Lipinski definition) is 3. The Balaban J connectivity index is 2.28. The molecule has 1 heterocycles. The van der Waals surface area contributed by atoms with Gasteiger partial charge in [-0.1, -0.05) is 24.4 Å². The largest absolute Gasteiger partial charge is 0.377 e. The fourth-order valence-electron chi connectivity index (χ4n) is 2.38. The van der Waals surface area contributed by atoms with Crippen molar-refractivity contribution in [3.63, 3.8) is 0 Å². The van der Waals surface area contributed by atoms with Gasteiger partial charge in [-0.3, -0.25) is 4.79 Å². The van der Waals surface area contributed by atoms with Crippen molar-refractivity contribution in [2.45, 2.75) is 51.6 Å². The minimum Gasteiger partial charge on any atom is -0.377 e. The first kappa shape index (κ1) is 12.4. The maximum atomic E-state index is 11.8. The van der Waals surface area contributed by atoms with E-state index in [0.29, 0.717) is 12.2 Å². The van der Waals surface area contributed by atoms with Crippen LogP contribution < -0.4 is 10.9 Å². The number of nitrogens with zero attached hydrogens (tertiary/aromatic N) is 2.